The summed E-state index contributed by atoms with van der Waals surface area (Å²) in [7, 11) is 4.91. The minimum Gasteiger partial charge on any atom is -0.493 e. The Morgan fingerprint density at radius 3 is 2.38 bits per heavy atom. The number of ether oxygens (including phenoxy) is 2. The number of hydrogen-bond donors (Lipinski definition) is 1. The molecule has 0 saturated heterocycles. The Morgan fingerprint density at radius 2 is 1.71 bits per heavy atom. The highest BCUT2D eigenvalue weighted by Crippen LogP contribution is 2.27. The van der Waals surface area contributed by atoms with Gasteiger partial charge in [-0.15, -0.1) is 0 Å². The standard InChI is InChI=1S/C18H19N3O3/c1-20-13-6-4-5-7-14(13)21(18(20)19)11-15(22)12-8-9-16(23-2)17(10-12)24-3/h4-10,19H,11H2,1-3H3. The second kappa shape index (κ2) is 6.23. The van der Waals surface area contributed by atoms with Crippen molar-refractivity contribution in [3.8, 4) is 11.5 Å². The summed E-state index contributed by atoms with van der Waals surface area (Å²) in [5, 5.41) is 8.25. The third kappa shape index (κ3) is 2.56. The summed E-state index contributed by atoms with van der Waals surface area (Å²) in [6.07, 6.45) is 0. The molecule has 6 nitrogen and oxygen atoms in total. The van der Waals surface area contributed by atoms with Crippen LogP contribution in [-0.2, 0) is 13.6 Å². The van der Waals surface area contributed by atoms with Crippen LogP contribution in [0.2, 0.25) is 0 Å². The van der Waals surface area contributed by atoms with Gasteiger partial charge in [0.05, 0.1) is 31.8 Å². The summed E-state index contributed by atoms with van der Waals surface area (Å²) in [6, 6.07) is 12.7. The Bertz CT molecular complexity index is 969. The first kappa shape index (κ1) is 15.9. The van der Waals surface area contributed by atoms with E-state index in [1.165, 1.54) is 7.11 Å². The quantitative estimate of drug-likeness (QED) is 0.732. The number of methoxy groups -OCH3 is 2. The van der Waals surface area contributed by atoms with Crippen molar-refractivity contribution in [2.45, 2.75) is 6.54 Å². The number of rotatable bonds is 5. The van der Waals surface area contributed by atoms with Crippen molar-refractivity contribution in [1.29, 1.82) is 5.41 Å². The molecule has 1 N–H and O–H groups in total. The molecule has 0 aliphatic rings. The third-order valence-corrected chi connectivity index (χ3v) is 4.11. The molecule has 6 heteroatoms. The Labute approximate surface area is 139 Å². The summed E-state index contributed by atoms with van der Waals surface area (Å²) < 4.78 is 13.9. The zero-order valence-electron chi connectivity index (χ0n) is 13.9. The van der Waals surface area contributed by atoms with E-state index in [0.717, 1.165) is 11.0 Å². The molecule has 0 amide bonds. The highest BCUT2D eigenvalue weighted by atomic mass is 16.5. The normalized spacial score (nSPS) is 10.8. The van der Waals surface area contributed by atoms with Gasteiger partial charge >= 0.3 is 0 Å². The predicted octanol–water partition coefficient (Wildman–Crippen LogP) is 2.36. The molecule has 0 fully saturated rings. The second-order valence-electron chi connectivity index (χ2n) is 5.45. The van der Waals surface area contributed by atoms with E-state index in [1.807, 2.05) is 31.3 Å². The van der Waals surface area contributed by atoms with E-state index < -0.39 is 0 Å². The van der Waals surface area contributed by atoms with Gasteiger partial charge < -0.3 is 18.6 Å². The van der Waals surface area contributed by atoms with Crippen LogP contribution >= 0.6 is 0 Å². The number of carbonyl (C=O) groups excluding carboxylic acids is 1. The van der Waals surface area contributed by atoms with Gasteiger partial charge in [0, 0.05) is 12.6 Å². The molecule has 0 saturated carbocycles. The number of hydrogen-bond acceptors (Lipinski definition) is 4. The lowest BCUT2D eigenvalue weighted by Gasteiger charge is -2.09. The minimum atomic E-state index is -0.0918. The summed E-state index contributed by atoms with van der Waals surface area (Å²) >= 11 is 0. The van der Waals surface area contributed by atoms with Crippen LogP contribution in [0.25, 0.3) is 11.0 Å². The van der Waals surface area contributed by atoms with Gasteiger partial charge in [-0.05, 0) is 30.3 Å². The Morgan fingerprint density at radius 1 is 1.04 bits per heavy atom. The number of Topliss-reactive ketones (excluding diaryl/α,β-unsaturated/α-hetero) is 1. The van der Waals surface area contributed by atoms with E-state index in [1.54, 1.807) is 34.4 Å². The third-order valence-electron chi connectivity index (χ3n) is 4.11. The number of nitrogens with one attached hydrogen (secondary N) is 1. The number of nitrogens with zero attached hydrogens (tertiary/aromatic N) is 2. The molecule has 24 heavy (non-hydrogen) atoms. The van der Waals surface area contributed by atoms with E-state index >= 15 is 0 Å². The predicted molar refractivity (Wildman–Crippen MR) is 90.6 cm³/mol. The maximum absolute atomic E-state index is 12.7. The lowest BCUT2D eigenvalue weighted by molar-refractivity contribution is 0.0971. The molecule has 0 unspecified atom stereocenters. The number of ketones is 1. The van der Waals surface area contributed by atoms with Crippen LogP contribution < -0.4 is 15.1 Å². The first-order valence-electron chi connectivity index (χ1n) is 7.51. The van der Waals surface area contributed by atoms with Crippen molar-refractivity contribution < 1.29 is 14.3 Å². The number of aromatic nitrogens is 2. The number of para-hydroxylation sites is 2. The fourth-order valence-corrected chi connectivity index (χ4v) is 2.79. The number of fused-ring (bicyclic) bond motifs is 1. The average Bonchev–Trinajstić information content (AvgIpc) is 2.86. The van der Waals surface area contributed by atoms with Crippen LogP contribution in [0.4, 0.5) is 0 Å². The average molecular weight is 325 g/mol. The highest BCUT2D eigenvalue weighted by molar-refractivity contribution is 5.97. The molecule has 0 spiro atoms. The topological polar surface area (TPSA) is 69.2 Å². The Kier molecular flexibility index (Phi) is 4.12. The van der Waals surface area contributed by atoms with Gasteiger partial charge in [0.2, 0.25) is 5.62 Å². The Hall–Kier alpha value is -3.02. The van der Waals surface area contributed by atoms with E-state index in [4.69, 9.17) is 14.9 Å². The van der Waals surface area contributed by atoms with E-state index in [2.05, 4.69) is 0 Å². The number of aryl methyl sites for hydroxylation is 1. The first-order valence-corrected chi connectivity index (χ1v) is 7.51. The smallest absolute Gasteiger partial charge is 0.203 e. The summed E-state index contributed by atoms with van der Waals surface area (Å²) in [6.45, 7) is 0.0929. The van der Waals surface area contributed by atoms with E-state index in [9.17, 15) is 4.79 Å². The molecular formula is C18H19N3O3. The number of imidazole rings is 1. The van der Waals surface area contributed by atoms with Gasteiger partial charge in [-0.25, -0.2) is 0 Å². The van der Waals surface area contributed by atoms with Crippen molar-refractivity contribution in [1.82, 2.24) is 9.13 Å². The zero-order valence-corrected chi connectivity index (χ0v) is 13.9. The summed E-state index contributed by atoms with van der Waals surface area (Å²) in [5.74, 6) is 0.996. The maximum Gasteiger partial charge on any atom is 0.203 e. The maximum atomic E-state index is 12.7. The molecule has 0 bridgehead atoms. The van der Waals surface area contributed by atoms with Gasteiger partial charge in [0.25, 0.3) is 0 Å². The molecule has 0 aliphatic heterocycles. The fourth-order valence-electron chi connectivity index (χ4n) is 2.79. The fraction of sp³-hybridized carbons (Fsp3) is 0.222. The van der Waals surface area contributed by atoms with Crippen molar-refractivity contribution in [2.24, 2.45) is 7.05 Å². The van der Waals surface area contributed by atoms with Crippen molar-refractivity contribution >= 4 is 16.8 Å². The van der Waals surface area contributed by atoms with Gasteiger partial charge in [0.1, 0.15) is 0 Å². The molecule has 0 radical (unpaired) electrons. The first-order chi connectivity index (χ1) is 11.6. The molecule has 2 aromatic carbocycles. The SMILES string of the molecule is COc1ccc(C(=O)Cn2c(=N)n(C)c3ccccc32)cc1OC. The van der Waals surface area contributed by atoms with Crippen LogP contribution in [-0.4, -0.2) is 29.1 Å². The van der Waals surface area contributed by atoms with Crippen molar-refractivity contribution in [2.75, 3.05) is 14.2 Å². The zero-order chi connectivity index (χ0) is 17.3. The molecule has 3 aromatic rings. The van der Waals surface area contributed by atoms with Crippen LogP contribution in [0.5, 0.6) is 11.5 Å². The number of benzene rings is 2. The lowest BCUT2D eigenvalue weighted by atomic mass is 10.1. The van der Waals surface area contributed by atoms with E-state index in [-0.39, 0.29) is 17.9 Å². The van der Waals surface area contributed by atoms with Gasteiger partial charge in [-0.1, -0.05) is 12.1 Å². The van der Waals surface area contributed by atoms with E-state index in [0.29, 0.717) is 17.1 Å². The van der Waals surface area contributed by atoms with Gasteiger partial charge in [-0.3, -0.25) is 10.2 Å². The molecule has 0 aliphatic carbocycles. The lowest BCUT2D eigenvalue weighted by Crippen LogP contribution is -2.25. The van der Waals surface area contributed by atoms with Crippen LogP contribution in [0, 0.1) is 5.41 Å². The summed E-state index contributed by atoms with van der Waals surface area (Å²) in [5.41, 5.74) is 2.58. The largest absolute Gasteiger partial charge is 0.493 e. The van der Waals surface area contributed by atoms with Gasteiger partial charge in [-0.2, -0.15) is 0 Å². The molecule has 0 atom stereocenters. The van der Waals surface area contributed by atoms with Crippen LogP contribution in [0.3, 0.4) is 0 Å². The Balaban J connectivity index is 1.99. The van der Waals surface area contributed by atoms with Crippen molar-refractivity contribution in [3.05, 3.63) is 53.6 Å². The molecule has 124 valence electrons. The molecular weight excluding hydrogens is 306 g/mol. The van der Waals surface area contributed by atoms with Gasteiger partial charge in [0.15, 0.2) is 17.3 Å². The van der Waals surface area contributed by atoms with Crippen LogP contribution in [0.1, 0.15) is 10.4 Å². The second-order valence-corrected chi connectivity index (χ2v) is 5.45. The summed E-state index contributed by atoms with van der Waals surface area (Å²) in [4.78, 5) is 12.7. The number of carbonyl (C=O) groups is 1. The molecule has 1 heterocycles. The molecule has 3 rings (SSSR count). The van der Waals surface area contributed by atoms with Crippen LogP contribution in [0.15, 0.2) is 42.5 Å². The monoisotopic (exact) mass is 325 g/mol. The molecule has 1 aromatic heterocycles. The highest BCUT2D eigenvalue weighted by Gasteiger charge is 2.15. The minimum absolute atomic E-state index is 0.0918. The van der Waals surface area contributed by atoms with Crippen molar-refractivity contribution in [3.63, 3.8) is 0 Å².